The van der Waals surface area contributed by atoms with Crippen molar-refractivity contribution in [2.45, 2.75) is 26.3 Å². The van der Waals surface area contributed by atoms with Crippen LogP contribution >= 0.6 is 0 Å². The zero-order valence-corrected chi connectivity index (χ0v) is 16.1. The Balaban J connectivity index is 2.14. The van der Waals surface area contributed by atoms with Crippen LogP contribution < -0.4 is 14.2 Å². The van der Waals surface area contributed by atoms with Crippen LogP contribution in [0.15, 0.2) is 6.07 Å². The van der Waals surface area contributed by atoms with Crippen molar-refractivity contribution in [3.8, 4) is 17.2 Å². The highest BCUT2D eigenvalue weighted by Crippen LogP contribution is 2.51. The molecular formula is C19H25NO7. The third-order valence-electron chi connectivity index (χ3n) is 4.85. The lowest BCUT2D eigenvalue weighted by Crippen LogP contribution is -2.44. The summed E-state index contributed by atoms with van der Waals surface area (Å²) in [5, 5.41) is 0. The van der Waals surface area contributed by atoms with Crippen LogP contribution in [0.3, 0.4) is 0 Å². The Morgan fingerprint density at radius 3 is 2.48 bits per heavy atom. The maximum atomic E-state index is 12.7. The molecule has 0 N–H and O–H groups in total. The van der Waals surface area contributed by atoms with Gasteiger partial charge in [-0.15, -0.1) is 0 Å². The second-order valence-electron chi connectivity index (χ2n) is 6.37. The standard InChI is InChI=1S/C19H25NO7/c1-5-24-18(21)14(19(22)25-6-2)15-13-11(7-8-20(15)3)9-12-16(17(13)23-4)27-10-26-12/h9,14-15H,5-8,10H2,1-4H3. The van der Waals surface area contributed by atoms with Gasteiger partial charge in [-0.1, -0.05) is 0 Å². The molecule has 1 aromatic carbocycles. The molecule has 0 fully saturated rings. The molecule has 1 unspecified atom stereocenters. The monoisotopic (exact) mass is 379 g/mol. The quantitative estimate of drug-likeness (QED) is 0.546. The molecule has 148 valence electrons. The average Bonchev–Trinajstić information content (AvgIpc) is 3.10. The van der Waals surface area contributed by atoms with Gasteiger partial charge in [0.2, 0.25) is 12.5 Å². The Labute approximate surface area is 158 Å². The molecule has 0 aliphatic carbocycles. The number of methoxy groups -OCH3 is 1. The van der Waals surface area contributed by atoms with Crippen LogP contribution in [0, 0.1) is 5.92 Å². The Morgan fingerprint density at radius 1 is 1.22 bits per heavy atom. The lowest BCUT2D eigenvalue weighted by molar-refractivity contribution is -0.165. The van der Waals surface area contributed by atoms with Crippen LogP contribution in [0.5, 0.6) is 17.2 Å². The topological polar surface area (TPSA) is 83.5 Å². The molecular weight excluding hydrogens is 354 g/mol. The van der Waals surface area contributed by atoms with E-state index < -0.39 is 23.9 Å². The van der Waals surface area contributed by atoms with Gasteiger partial charge in [0.1, 0.15) is 0 Å². The molecule has 0 saturated carbocycles. The van der Waals surface area contributed by atoms with Crippen LogP contribution in [-0.4, -0.2) is 57.5 Å². The Morgan fingerprint density at radius 2 is 1.89 bits per heavy atom. The molecule has 0 saturated heterocycles. The molecule has 0 bridgehead atoms. The summed E-state index contributed by atoms with van der Waals surface area (Å²) in [5.41, 5.74) is 1.69. The highest BCUT2D eigenvalue weighted by molar-refractivity contribution is 5.96. The molecule has 1 aromatic rings. The predicted molar refractivity (Wildman–Crippen MR) is 94.9 cm³/mol. The van der Waals surface area contributed by atoms with E-state index in [9.17, 15) is 9.59 Å². The molecule has 2 heterocycles. The number of ether oxygens (including phenoxy) is 5. The fourth-order valence-corrected chi connectivity index (χ4v) is 3.71. The van der Waals surface area contributed by atoms with Gasteiger partial charge in [0.25, 0.3) is 0 Å². The fourth-order valence-electron chi connectivity index (χ4n) is 3.71. The highest BCUT2D eigenvalue weighted by atomic mass is 16.7. The van der Waals surface area contributed by atoms with E-state index in [2.05, 4.69) is 0 Å². The predicted octanol–water partition coefficient (Wildman–Crippen LogP) is 1.70. The maximum Gasteiger partial charge on any atom is 0.322 e. The molecule has 2 aliphatic heterocycles. The normalized spacial score (nSPS) is 18.2. The number of carbonyl (C=O) groups is 2. The lowest BCUT2D eigenvalue weighted by Gasteiger charge is -2.38. The summed E-state index contributed by atoms with van der Waals surface area (Å²) in [6.45, 7) is 4.53. The van der Waals surface area contributed by atoms with Crippen molar-refractivity contribution in [2.24, 2.45) is 5.92 Å². The number of nitrogens with zero attached hydrogens (tertiary/aromatic N) is 1. The molecule has 0 aromatic heterocycles. The van der Waals surface area contributed by atoms with Crippen molar-refractivity contribution in [1.29, 1.82) is 0 Å². The van der Waals surface area contributed by atoms with Gasteiger partial charge in [-0.2, -0.15) is 0 Å². The summed E-state index contributed by atoms with van der Waals surface area (Å²) in [6.07, 6.45) is 0.730. The van der Waals surface area contributed by atoms with Crippen molar-refractivity contribution in [2.75, 3.05) is 40.7 Å². The van der Waals surface area contributed by atoms with Crippen LogP contribution in [0.25, 0.3) is 0 Å². The van der Waals surface area contributed by atoms with Crippen molar-refractivity contribution in [1.82, 2.24) is 4.90 Å². The molecule has 0 amide bonds. The fraction of sp³-hybridized carbons (Fsp3) is 0.579. The minimum atomic E-state index is -1.12. The number of fused-ring (bicyclic) bond motifs is 2. The maximum absolute atomic E-state index is 12.7. The molecule has 27 heavy (non-hydrogen) atoms. The molecule has 2 aliphatic rings. The van der Waals surface area contributed by atoms with Crippen molar-refractivity contribution >= 4 is 11.9 Å². The number of hydrogen-bond donors (Lipinski definition) is 0. The molecule has 3 rings (SSSR count). The van der Waals surface area contributed by atoms with Crippen LogP contribution in [0.1, 0.15) is 31.0 Å². The smallest absolute Gasteiger partial charge is 0.322 e. The second kappa shape index (κ2) is 8.04. The summed E-state index contributed by atoms with van der Waals surface area (Å²) in [7, 11) is 3.40. The van der Waals surface area contributed by atoms with Gasteiger partial charge in [-0.25, -0.2) is 0 Å². The van der Waals surface area contributed by atoms with Crippen molar-refractivity contribution in [3.63, 3.8) is 0 Å². The second-order valence-corrected chi connectivity index (χ2v) is 6.37. The van der Waals surface area contributed by atoms with Gasteiger partial charge in [0, 0.05) is 12.1 Å². The summed E-state index contributed by atoms with van der Waals surface area (Å²) in [5.74, 6) is -0.764. The van der Waals surface area contributed by atoms with Gasteiger partial charge in [0.15, 0.2) is 17.4 Å². The number of rotatable bonds is 6. The van der Waals surface area contributed by atoms with E-state index in [0.717, 1.165) is 17.5 Å². The minimum absolute atomic E-state index is 0.105. The van der Waals surface area contributed by atoms with Gasteiger partial charge >= 0.3 is 11.9 Å². The summed E-state index contributed by atoms with van der Waals surface area (Å²) in [6, 6.07) is 1.31. The van der Waals surface area contributed by atoms with E-state index in [1.165, 1.54) is 7.11 Å². The van der Waals surface area contributed by atoms with Gasteiger partial charge in [-0.3, -0.25) is 14.5 Å². The lowest BCUT2D eigenvalue weighted by atomic mass is 9.83. The zero-order chi connectivity index (χ0) is 19.6. The molecule has 0 spiro atoms. The molecule has 1 atom stereocenters. The summed E-state index contributed by atoms with van der Waals surface area (Å²) in [4.78, 5) is 27.4. The number of carbonyl (C=O) groups excluding carboxylic acids is 2. The number of hydrogen-bond acceptors (Lipinski definition) is 8. The Bertz CT molecular complexity index is 715. The van der Waals surface area contributed by atoms with Gasteiger partial charge in [0.05, 0.1) is 26.4 Å². The van der Waals surface area contributed by atoms with Gasteiger partial charge in [-0.05, 0) is 38.9 Å². The van der Waals surface area contributed by atoms with Crippen LogP contribution in [0.2, 0.25) is 0 Å². The summed E-state index contributed by atoms with van der Waals surface area (Å²) >= 11 is 0. The van der Waals surface area contributed by atoms with Crippen molar-refractivity contribution in [3.05, 3.63) is 17.2 Å². The third-order valence-corrected chi connectivity index (χ3v) is 4.85. The first kappa shape index (κ1) is 19.3. The first-order chi connectivity index (χ1) is 13.0. The van der Waals surface area contributed by atoms with E-state index in [4.69, 9.17) is 23.7 Å². The first-order valence-corrected chi connectivity index (χ1v) is 9.06. The van der Waals surface area contributed by atoms with E-state index in [1.807, 2.05) is 18.0 Å². The minimum Gasteiger partial charge on any atom is -0.492 e. The first-order valence-electron chi connectivity index (χ1n) is 9.06. The molecule has 8 heteroatoms. The Kier molecular flexibility index (Phi) is 5.74. The summed E-state index contributed by atoms with van der Waals surface area (Å²) < 4.78 is 27.1. The zero-order valence-electron chi connectivity index (χ0n) is 16.1. The molecule has 0 radical (unpaired) electrons. The van der Waals surface area contributed by atoms with Crippen LogP contribution in [-0.2, 0) is 25.5 Å². The van der Waals surface area contributed by atoms with E-state index >= 15 is 0 Å². The molecule has 8 nitrogen and oxygen atoms in total. The van der Waals surface area contributed by atoms with Crippen molar-refractivity contribution < 1.29 is 33.3 Å². The van der Waals surface area contributed by atoms with E-state index in [0.29, 0.717) is 23.8 Å². The van der Waals surface area contributed by atoms with E-state index in [-0.39, 0.29) is 20.0 Å². The van der Waals surface area contributed by atoms with E-state index in [1.54, 1.807) is 13.8 Å². The number of likely N-dealkylation sites (N-methyl/N-ethyl adjacent to an activating group) is 1. The number of benzene rings is 1. The SMILES string of the molecule is CCOC(=O)C(C(=O)OCC)C1c2c(cc3c(c2OC)OCO3)CCN1C. The average molecular weight is 379 g/mol. The third kappa shape index (κ3) is 3.41. The van der Waals surface area contributed by atoms with Gasteiger partial charge < -0.3 is 23.7 Å². The largest absolute Gasteiger partial charge is 0.492 e. The Hall–Kier alpha value is -2.48. The van der Waals surface area contributed by atoms with Crippen LogP contribution in [0.4, 0.5) is 0 Å². The highest BCUT2D eigenvalue weighted by Gasteiger charge is 2.45. The number of esters is 2.